The van der Waals surface area contributed by atoms with Gasteiger partial charge in [-0.25, -0.2) is 13.4 Å². The summed E-state index contributed by atoms with van der Waals surface area (Å²) in [6.07, 6.45) is -3.35. The zero-order valence-electron chi connectivity index (χ0n) is 14.3. The smallest absolute Gasteiger partial charge is 0.354 e. The highest BCUT2D eigenvalue weighted by molar-refractivity contribution is 7.89. The fraction of sp³-hybridized carbons (Fsp3) is 0.312. The molecule has 2 aliphatic heterocycles. The molecular weight excluding hydrogens is 415 g/mol. The van der Waals surface area contributed by atoms with Crippen molar-refractivity contribution in [1.29, 1.82) is 0 Å². The van der Waals surface area contributed by atoms with Crippen molar-refractivity contribution >= 4 is 38.6 Å². The molecule has 0 atom stereocenters. The average Bonchev–Trinajstić information content (AvgIpc) is 3.16. The van der Waals surface area contributed by atoms with E-state index in [0.717, 1.165) is 29.7 Å². The molecule has 2 aliphatic rings. The van der Waals surface area contributed by atoms with Gasteiger partial charge < -0.3 is 4.90 Å². The molecule has 0 aliphatic carbocycles. The molecule has 0 bridgehead atoms. The van der Waals surface area contributed by atoms with Gasteiger partial charge in [0.05, 0.1) is 16.9 Å². The minimum absolute atomic E-state index is 0.0874. The Morgan fingerprint density at radius 3 is 2.50 bits per heavy atom. The summed E-state index contributed by atoms with van der Waals surface area (Å²) in [6, 6.07) is 6.67. The fourth-order valence-corrected chi connectivity index (χ4v) is 5.23. The quantitative estimate of drug-likeness (QED) is 0.640. The van der Waals surface area contributed by atoms with Gasteiger partial charge >= 0.3 is 6.18 Å². The van der Waals surface area contributed by atoms with E-state index in [1.165, 1.54) is 10.4 Å². The molecule has 28 heavy (non-hydrogen) atoms. The number of fused-ring (bicyclic) bond motifs is 1. The van der Waals surface area contributed by atoms with E-state index in [0.29, 0.717) is 11.4 Å². The zero-order chi connectivity index (χ0) is 19.9. The first-order chi connectivity index (χ1) is 13.3. The molecule has 0 radical (unpaired) electrons. The highest BCUT2D eigenvalue weighted by Crippen LogP contribution is 2.39. The summed E-state index contributed by atoms with van der Waals surface area (Å²) in [5.41, 5.74) is 0.0580. The van der Waals surface area contributed by atoms with Crippen LogP contribution < -0.4 is 4.90 Å². The summed E-state index contributed by atoms with van der Waals surface area (Å²) >= 11 is 0.939. The van der Waals surface area contributed by atoms with E-state index >= 15 is 0 Å². The van der Waals surface area contributed by atoms with E-state index in [9.17, 15) is 21.6 Å². The fourth-order valence-electron chi connectivity index (χ4n) is 3.05. The summed E-state index contributed by atoms with van der Waals surface area (Å²) in [5, 5.41) is 0. The van der Waals surface area contributed by atoms with Gasteiger partial charge in [0, 0.05) is 32.4 Å². The number of benzene rings is 1. The molecule has 0 amide bonds. The number of nitrogens with zero attached hydrogens (tertiary/aromatic N) is 5. The van der Waals surface area contributed by atoms with Crippen LogP contribution in [0.25, 0.3) is 0 Å². The largest absolute Gasteiger partial charge is 0.416 e. The molecule has 4 rings (SSSR count). The van der Waals surface area contributed by atoms with Gasteiger partial charge in [-0.05, 0) is 24.3 Å². The SMILES string of the molecule is O=S(=O)(c1cccc2c1N=S=N2)N1CCN(c2cc(C(F)(F)F)ccn2)CC1. The van der Waals surface area contributed by atoms with Crippen molar-refractivity contribution in [3.05, 3.63) is 42.1 Å². The van der Waals surface area contributed by atoms with Crippen LogP contribution in [0.15, 0.2) is 50.1 Å². The van der Waals surface area contributed by atoms with Gasteiger partial charge in [0.15, 0.2) is 0 Å². The molecule has 3 heterocycles. The number of alkyl halides is 3. The van der Waals surface area contributed by atoms with E-state index in [-0.39, 0.29) is 36.9 Å². The summed E-state index contributed by atoms with van der Waals surface area (Å²) in [7, 11) is -3.79. The molecule has 1 aromatic heterocycles. The predicted octanol–water partition coefficient (Wildman–Crippen LogP) is 3.34. The van der Waals surface area contributed by atoms with E-state index in [2.05, 4.69) is 13.7 Å². The third-order valence-corrected chi connectivity index (χ3v) is 6.98. The Bertz CT molecular complexity index is 1090. The Labute approximate surface area is 162 Å². The monoisotopic (exact) mass is 429 g/mol. The second kappa shape index (κ2) is 6.94. The molecule has 0 saturated carbocycles. The molecule has 148 valence electrons. The number of anilines is 1. The maximum atomic E-state index is 13.0. The molecule has 1 saturated heterocycles. The van der Waals surface area contributed by atoms with Crippen molar-refractivity contribution in [2.75, 3.05) is 31.1 Å². The number of hydrogen-bond acceptors (Lipinski definition) is 6. The lowest BCUT2D eigenvalue weighted by atomic mass is 10.2. The molecule has 0 N–H and O–H groups in total. The van der Waals surface area contributed by atoms with E-state index in [4.69, 9.17) is 0 Å². The van der Waals surface area contributed by atoms with Crippen molar-refractivity contribution in [2.24, 2.45) is 8.73 Å². The van der Waals surface area contributed by atoms with Crippen molar-refractivity contribution < 1.29 is 21.6 Å². The Hall–Kier alpha value is -2.31. The molecule has 7 nitrogen and oxygen atoms in total. The average molecular weight is 429 g/mol. The minimum atomic E-state index is -4.46. The van der Waals surface area contributed by atoms with E-state index in [1.807, 2.05) is 0 Å². The van der Waals surface area contributed by atoms with Crippen molar-refractivity contribution in [3.8, 4) is 0 Å². The third kappa shape index (κ3) is 3.42. The number of rotatable bonds is 3. The lowest BCUT2D eigenvalue weighted by Crippen LogP contribution is -2.49. The van der Waals surface area contributed by atoms with Gasteiger partial charge in [-0.1, -0.05) is 6.07 Å². The summed E-state index contributed by atoms with van der Waals surface area (Å²) in [5.74, 6) is 0.178. The summed E-state index contributed by atoms with van der Waals surface area (Å²) < 4.78 is 74.2. The zero-order valence-corrected chi connectivity index (χ0v) is 15.9. The highest BCUT2D eigenvalue weighted by atomic mass is 32.2. The molecule has 2 aromatic rings. The number of aromatic nitrogens is 1. The maximum Gasteiger partial charge on any atom is 0.416 e. The molecule has 1 aromatic carbocycles. The minimum Gasteiger partial charge on any atom is -0.354 e. The standard InChI is InChI=1S/C16H14F3N5O2S2/c17-16(18,19)11-4-5-20-14(10-11)23-6-8-24(9-7-23)28(25,26)13-3-1-2-12-15(13)22-27-21-12/h1-5,10H,6-9H2. The maximum absolute atomic E-state index is 13.0. The lowest BCUT2D eigenvalue weighted by molar-refractivity contribution is -0.137. The first kappa shape index (κ1) is 19.0. The lowest BCUT2D eigenvalue weighted by Gasteiger charge is -2.35. The Morgan fingerprint density at radius 2 is 1.79 bits per heavy atom. The predicted molar refractivity (Wildman–Crippen MR) is 98.2 cm³/mol. The van der Waals surface area contributed by atoms with Crippen LogP contribution in [0.3, 0.4) is 0 Å². The number of piperazine rings is 1. The van der Waals surface area contributed by atoms with Gasteiger partial charge in [0.2, 0.25) is 10.0 Å². The van der Waals surface area contributed by atoms with Crippen LogP contribution in [0.2, 0.25) is 0 Å². The van der Waals surface area contributed by atoms with Gasteiger partial charge in [-0.3, -0.25) is 0 Å². The number of pyridine rings is 1. The number of hydrogen-bond donors (Lipinski definition) is 0. The highest BCUT2D eigenvalue weighted by Gasteiger charge is 2.34. The molecule has 0 spiro atoms. The van der Waals surface area contributed by atoms with Crippen LogP contribution in [0.5, 0.6) is 0 Å². The number of halogens is 3. The van der Waals surface area contributed by atoms with Crippen molar-refractivity contribution in [3.63, 3.8) is 0 Å². The van der Waals surface area contributed by atoms with Gasteiger partial charge in [-0.2, -0.15) is 26.2 Å². The normalized spacial score (nSPS) is 17.5. The van der Waals surface area contributed by atoms with Crippen molar-refractivity contribution in [2.45, 2.75) is 11.1 Å². The Balaban J connectivity index is 1.52. The van der Waals surface area contributed by atoms with Gasteiger partial charge in [0.1, 0.15) is 22.1 Å². The van der Waals surface area contributed by atoms with E-state index < -0.39 is 21.8 Å². The molecular formula is C16H14F3N5O2S2. The van der Waals surface area contributed by atoms with Crippen LogP contribution >= 0.6 is 0 Å². The third-order valence-electron chi connectivity index (χ3n) is 4.50. The van der Waals surface area contributed by atoms with E-state index in [1.54, 1.807) is 17.0 Å². The second-order valence-electron chi connectivity index (χ2n) is 6.18. The van der Waals surface area contributed by atoms with Gasteiger partial charge in [0.25, 0.3) is 0 Å². The summed E-state index contributed by atoms with van der Waals surface area (Å²) in [4.78, 5) is 5.73. The molecule has 1 fully saturated rings. The topological polar surface area (TPSA) is 78.2 Å². The van der Waals surface area contributed by atoms with Gasteiger partial charge in [-0.15, -0.1) is 0 Å². The first-order valence-corrected chi connectivity index (χ1v) is 10.4. The first-order valence-electron chi connectivity index (χ1n) is 8.26. The second-order valence-corrected chi connectivity index (χ2v) is 8.61. The Morgan fingerprint density at radius 1 is 1.04 bits per heavy atom. The van der Waals surface area contributed by atoms with Crippen LogP contribution in [-0.4, -0.2) is 43.9 Å². The van der Waals surface area contributed by atoms with Crippen LogP contribution in [-0.2, 0) is 27.6 Å². The summed E-state index contributed by atoms with van der Waals surface area (Å²) in [6.45, 7) is 0.736. The van der Waals surface area contributed by atoms with Crippen LogP contribution in [0, 0.1) is 0 Å². The molecule has 12 heteroatoms. The van der Waals surface area contributed by atoms with Crippen molar-refractivity contribution in [1.82, 2.24) is 9.29 Å². The number of sulfonamides is 1. The Kier molecular flexibility index (Phi) is 4.71. The molecule has 0 unspecified atom stereocenters. The van der Waals surface area contributed by atoms with Crippen LogP contribution in [0.1, 0.15) is 5.56 Å². The van der Waals surface area contributed by atoms with Crippen LogP contribution in [0.4, 0.5) is 30.4 Å².